The molecule has 6 aromatic carbocycles. The standard InChI is InChI=1S/2C16H12O2.2C12H10O2.2C9H14O.2C8H8O2.2C8H12O.2C7H10O/c1-9-10(2)16(18)14-8-12-6-4-3-5-11(12)7-13(14)15(9)17;1-2-10-9-15(17)13-7-11-5-3-4-6-12(11)8-14(13)16(10)18;1-7-8(2)12(14)10-6-4-3-5-9(10)11(7)13;1-2-8-7-11(13)9-5-3-4-6-10(9)12(8)14;1-7-5-3-4-6-9(10)8(7)2;1-2-8-6-4-3-5-7-9(8)10;1-5-6(2)8(10)4-3-7(5)9;1-2-6-5-7(9)3-4-8(6)10;1-6-4-3-5-8(9)7(6)2;1-2-7-5-3-4-6-8(7)9;1-5-3-4-7(8)6(5)2;1-2-6-4-3-5-7(6)8/h3-8,10H,1H2,2H3;3-9H,2H2,1H3;3-6,8H,1H2,2H3;3-7H,2H2,1H3;7H,2-6H2,1H3;6H,2-5,7H2,1H3;3-4,6H,1H2,2H3;3-5H,2H2,1H3;6H,2-5H2,1H3;5H,2-4,6H2,1H3;5H,2-4H2,1H3;4H,2-3,5H2,1H3/t;;;;7-;;;;6-;;5-;/m....1...1.1./s1. The summed E-state index contributed by atoms with van der Waals surface area (Å²) in [6.07, 6.45) is 37.9. The van der Waals surface area contributed by atoms with Crippen molar-refractivity contribution in [2.45, 2.75) is 237 Å². The average Bonchev–Trinajstić information content (AvgIpc) is 1.37. The van der Waals surface area contributed by atoms with Gasteiger partial charge in [0.05, 0.1) is 0 Å². The number of benzene rings is 6. The van der Waals surface area contributed by atoms with Crippen LogP contribution in [0, 0.1) is 35.5 Å². The fourth-order valence-corrected chi connectivity index (χ4v) is 16.6. The van der Waals surface area contributed by atoms with E-state index in [2.05, 4.69) is 72.4 Å². The number of rotatable bonds is 6. The molecule has 12 aliphatic rings. The van der Waals surface area contributed by atoms with Gasteiger partial charge in [-0.25, -0.2) is 0 Å². The molecule has 18 rings (SSSR count). The van der Waals surface area contributed by atoms with Gasteiger partial charge in [0.1, 0.15) is 0 Å². The highest BCUT2D eigenvalue weighted by atomic mass is 16.2. The summed E-state index contributed by atoms with van der Waals surface area (Å²) >= 11 is 0. The molecule has 18 heteroatoms. The van der Waals surface area contributed by atoms with Crippen molar-refractivity contribution in [3.8, 4) is 0 Å². The van der Waals surface area contributed by atoms with E-state index < -0.39 is 5.92 Å². The Morgan fingerprint density at radius 3 is 1.07 bits per heavy atom. The van der Waals surface area contributed by atoms with Crippen LogP contribution < -0.4 is 0 Å². The molecule has 0 heterocycles. The fourth-order valence-electron chi connectivity index (χ4n) is 16.6. The normalized spacial score (nSPS) is 20.7. The summed E-state index contributed by atoms with van der Waals surface area (Å²) < 4.78 is 0. The van der Waals surface area contributed by atoms with E-state index in [1.165, 1.54) is 55.4 Å². The molecule has 6 aromatic rings. The zero-order valence-corrected chi connectivity index (χ0v) is 82.3. The van der Waals surface area contributed by atoms with Crippen molar-refractivity contribution < 1.29 is 86.3 Å². The average molecular weight is 1860 g/mol. The van der Waals surface area contributed by atoms with Gasteiger partial charge in [0.25, 0.3) is 0 Å². The van der Waals surface area contributed by atoms with Crippen molar-refractivity contribution in [2.24, 2.45) is 35.5 Å². The molecule has 0 aromatic heterocycles. The number of carbonyl (C=O) groups excluding carboxylic acids is 18. The second-order valence-electron chi connectivity index (χ2n) is 35.8. The quantitative estimate of drug-likeness (QED) is 0.0849. The minimum absolute atomic E-state index is 0.00907. The van der Waals surface area contributed by atoms with E-state index in [1.54, 1.807) is 75.4 Å². The van der Waals surface area contributed by atoms with Crippen LogP contribution in [-0.2, 0) is 47.9 Å². The molecule has 3 fully saturated rings. The van der Waals surface area contributed by atoms with Crippen molar-refractivity contribution in [1.29, 1.82) is 0 Å². The third kappa shape index (κ3) is 30.4. The Bertz CT molecular complexity index is 6160. The molecular weight excluding hydrogens is 1730 g/mol. The van der Waals surface area contributed by atoms with Crippen molar-refractivity contribution in [1.82, 2.24) is 0 Å². The van der Waals surface area contributed by atoms with Crippen LogP contribution >= 0.6 is 0 Å². The number of hydrogen-bond acceptors (Lipinski definition) is 18. The summed E-state index contributed by atoms with van der Waals surface area (Å²) in [5.74, 6) is 1.43. The third-order valence-corrected chi connectivity index (χ3v) is 26.3. The highest BCUT2D eigenvalue weighted by Crippen LogP contribution is 2.35. The van der Waals surface area contributed by atoms with E-state index in [0.29, 0.717) is 132 Å². The first-order valence-corrected chi connectivity index (χ1v) is 48.3. The molecule has 3 saturated carbocycles. The number of Topliss-reactive ketones (excluding diaryl/α,β-unsaturated/α-hetero) is 12. The molecule has 3 unspecified atom stereocenters. The fraction of sp³-hybridized carbons (Fsp3) is 0.350. The van der Waals surface area contributed by atoms with Gasteiger partial charge in [-0.3, -0.25) is 86.3 Å². The first-order chi connectivity index (χ1) is 65.7. The maximum Gasteiger partial charge on any atom is 0.189 e. The smallest absolute Gasteiger partial charge is 0.189 e. The van der Waals surface area contributed by atoms with Gasteiger partial charge in [0.2, 0.25) is 0 Å². The molecule has 720 valence electrons. The summed E-state index contributed by atoms with van der Waals surface area (Å²) in [5, 5.41) is 3.94. The molecule has 0 bridgehead atoms. The maximum atomic E-state index is 12.2. The van der Waals surface area contributed by atoms with Gasteiger partial charge in [-0.1, -0.05) is 244 Å². The van der Waals surface area contributed by atoms with E-state index >= 15 is 0 Å². The second-order valence-corrected chi connectivity index (χ2v) is 35.8. The van der Waals surface area contributed by atoms with Crippen LogP contribution in [0.25, 0.3) is 21.5 Å². The van der Waals surface area contributed by atoms with Gasteiger partial charge in [-0.05, 0) is 249 Å². The molecule has 18 nitrogen and oxygen atoms in total. The van der Waals surface area contributed by atoms with Gasteiger partial charge in [0.15, 0.2) is 104 Å². The zero-order chi connectivity index (χ0) is 102. The molecule has 0 aliphatic heterocycles. The Balaban J connectivity index is 0.000000207. The predicted octanol–water partition coefficient (Wildman–Crippen LogP) is 25.6. The van der Waals surface area contributed by atoms with Gasteiger partial charge in [-0.2, -0.15) is 0 Å². The van der Waals surface area contributed by atoms with Gasteiger partial charge < -0.3 is 0 Å². The van der Waals surface area contributed by atoms with E-state index in [1.807, 2.05) is 114 Å². The molecule has 0 saturated heterocycles. The Hall–Kier alpha value is -13.7. The van der Waals surface area contributed by atoms with Crippen molar-refractivity contribution in [3.63, 3.8) is 0 Å². The molecule has 138 heavy (non-hydrogen) atoms. The monoisotopic (exact) mass is 1860 g/mol. The molecule has 0 spiro atoms. The van der Waals surface area contributed by atoms with Crippen molar-refractivity contribution >= 4 is 126 Å². The lowest BCUT2D eigenvalue weighted by molar-refractivity contribution is -0.120. The third-order valence-electron chi connectivity index (χ3n) is 26.3. The molecule has 0 amide bonds. The Morgan fingerprint density at radius 1 is 0.254 bits per heavy atom. The first kappa shape index (κ1) is 111. The van der Waals surface area contributed by atoms with Crippen LogP contribution in [-0.4, -0.2) is 104 Å². The predicted molar refractivity (Wildman–Crippen MR) is 547 cm³/mol. The summed E-state index contributed by atoms with van der Waals surface area (Å²) in [5.41, 5.74) is 12.8. The highest BCUT2D eigenvalue weighted by Gasteiger charge is 2.36. The molecule has 6 atom stereocenters. The van der Waals surface area contributed by atoms with Gasteiger partial charge >= 0.3 is 0 Å². The summed E-state index contributed by atoms with van der Waals surface area (Å²) in [4.78, 5) is 204. The number of allylic oxidation sites excluding steroid dienone is 22. The minimum Gasteiger partial charge on any atom is -0.295 e. The lowest BCUT2D eigenvalue weighted by Gasteiger charge is -2.22. The van der Waals surface area contributed by atoms with E-state index in [9.17, 15) is 86.3 Å². The zero-order valence-electron chi connectivity index (χ0n) is 82.3. The Kier molecular flexibility index (Phi) is 43.8. The molecular formula is C120H132O18. The van der Waals surface area contributed by atoms with Crippen LogP contribution in [0.2, 0.25) is 0 Å². The Morgan fingerprint density at radius 2 is 0.609 bits per heavy atom. The molecule has 12 aliphatic carbocycles. The molecule has 0 N–H and O–H groups in total. The largest absolute Gasteiger partial charge is 0.295 e. The van der Waals surface area contributed by atoms with Crippen LogP contribution in [0.15, 0.2) is 288 Å². The van der Waals surface area contributed by atoms with E-state index in [0.717, 1.165) is 177 Å². The van der Waals surface area contributed by atoms with Gasteiger partial charge in [-0.15, -0.1) is 0 Å². The lowest BCUT2D eigenvalue weighted by Crippen LogP contribution is -2.27. The summed E-state index contributed by atoms with van der Waals surface area (Å²) in [7, 11) is 0. The number of carbonyl (C=O) groups is 18. The first-order valence-electron chi connectivity index (χ1n) is 48.3. The maximum absolute atomic E-state index is 12.2. The Labute approximate surface area is 812 Å². The van der Waals surface area contributed by atoms with Crippen molar-refractivity contribution in [3.05, 3.63) is 333 Å². The number of hydrogen-bond donors (Lipinski definition) is 0. The summed E-state index contributed by atoms with van der Waals surface area (Å²) in [6.45, 7) is 45.2. The highest BCUT2D eigenvalue weighted by molar-refractivity contribution is 6.28. The summed E-state index contributed by atoms with van der Waals surface area (Å²) in [6, 6.07) is 36.6. The van der Waals surface area contributed by atoms with Crippen LogP contribution in [0.3, 0.4) is 0 Å². The number of fused-ring (bicyclic) bond motifs is 6. The van der Waals surface area contributed by atoms with Crippen LogP contribution in [0.5, 0.6) is 0 Å². The molecule has 0 radical (unpaired) electrons. The second kappa shape index (κ2) is 54.3. The minimum atomic E-state index is -0.411. The topological polar surface area (TPSA) is 307 Å². The van der Waals surface area contributed by atoms with E-state index in [4.69, 9.17) is 0 Å². The lowest BCUT2D eigenvalue weighted by atomic mass is 9.79. The number of ketones is 18. The van der Waals surface area contributed by atoms with Gasteiger partial charge in [0, 0.05) is 134 Å². The SMILES string of the molecule is C=C1C(=O)C=CC(=O)C1C.C=C1C(=O)CCCC[C@H]1C.C=C1C(=O)CCC[C@H]1C.C=C1C(=O)CC[C@H]1C.C=C1C(=O)c2cc3ccccc3cc2C(=O)C1C.C=C1C(=O)c2ccccc2C(=O)C1C.CCC1=CC(=O)C=CC1=O.CCC1=CC(=O)c2cc3ccccc3cc2C1=O.CCC1=CC(=O)c2ccccc2C1=O.CCC1=CCCC1=O.CCC1=CCCCC1=O.CCC1=CCCCCC1=O. The van der Waals surface area contributed by atoms with Crippen LogP contribution in [0.1, 0.15) is 320 Å². The van der Waals surface area contributed by atoms with E-state index in [-0.39, 0.29) is 98.6 Å². The van der Waals surface area contributed by atoms with Crippen molar-refractivity contribution in [2.75, 3.05) is 0 Å². The van der Waals surface area contributed by atoms with Crippen LogP contribution in [0.4, 0.5) is 0 Å².